The number of hydrogen-bond donors (Lipinski definition) is 0. The van der Waals surface area contributed by atoms with Gasteiger partial charge in [-0.1, -0.05) is 0 Å². The predicted octanol–water partition coefficient (Wildman–Crippen LogP) is 1.04. The first-order valence-corrected chi connectivity index (χ1v) is 7.51. The average molecular weight is 296 g/mol. The van der Waals surface area contributed by atoms with Crippen molar-refractivity contribution in [2.75, 3.05) is 18.6 Å². The van der Waals surface area contributed by atoms with E-state index in [-0.39, 0.29) is 24.6 Å². The predicted molar refractivity (Wildman–Crippen MR) is 62.9 cm³/mol. The van der Waals surface area contributed by atoms with Crippen LogP contribution in [0.25, 0.3) is 0 Å². The second-order valence-corrected chi connectivity index (χ2v) is 6.09. The third-order valence-corrected chi connectivity index (χ3v) is 3.12. The Morgan fingerprint density at radius 2 is 2.16 bits per heavy atom. The number of ether oxygens (including phenoxy) is 1. The zero-order valence-corrected chi connectivity index (χ0v) is 11.3. The van der Waals surface area contributed by atoms with E-state index in [0.717, 1.165) is 17.0 Å². The average Bonchev–Trinajstić information content (AvgIpc) is 2.70. The summed E-state index contributed by atoms with van der Waals surface area (Å²) in [5.74, 6) is -1.15. The van der Waals surface area contributed by atoms with Crippen LogP contribution in [-0.4, -0.2) is 42.8 Å². The van der Waals surface area contributed by atoms with Crippen molar-refractivity contribution in [1.82, 2.24) is 9.78 Å². The van der Waals surface area contributed by atoms with E-state index in [1.807, 2.05) is 0 Å². The Kier molecular flexibility index (Phi) is 4.98. The summed E-state index contributed by atoms with van der Waals surface area (Å²) in [5.41, 5.74) is -0.766. The number of carbonyl (C=O) groups is 1. The van der Waals surface area contributed by atoms with Gasteiger partial charge >= 0.3 is 5.97 Å². The summed E-state index contributed by atoms with van der Waals surface area (Å²) in [6.45, 7) is 1.43. The topological polar surface area (TPSA) is 78.3 Å². The van der Waals surface area contributed by atoms with Crippen LogP contribution in [-0.2, 0) is 21.1 Å². The molecule has 1 rings (SSSR count). The fourth-order valence-electron chi connectivity index (χ4n) is 1.34. The van der Waals surface area contributed by atoms with Crippen LogP contribution in [0.15, 0.2) is 6.07 Å². The normalized spacial score (nSPS) is 11.8. The molecule has 0 amide bonds. The summed E-state index contributed by atoms with van der Waals surface area (Å²) in [6.07, 6.45) is -1.86. The molecule has 0 spiro atoms. The van der Waals surface area contributed by atoms with Gasteiger partial charge in [-0.3, -0.25) is 4.68 Å². The molecule has 19 heavy (non-hydrogen) atoms. The molecule has 0 atom stereocenters. The number of rotatable bonds is 6. The highest BCUT2D eigenvalue weighted by atomic mass is 32.2. The van der Waals surface area contributed by atoms with Crippen LogP contribution >= 0.6 is 0 Å². The van der Waals surface area contributed by atoms with Crippen LogP contribution in [0, 0.1) is 0 Å². The maximum Gasteiger partial charge on any atom is 0.358 e. The molecule has 0 aliphatic carbocycles. The van der Waals surface area contributed by atoms with E-state index in [2.05, 4.69) is 9.84 Å². The van der Waals surface area contributed by atoms with Crippen LogP contribution in [0.5, 0.6) is 0 Å². The Morgan fingerprint density at radius 3 is 2.63 bits per heavy atom. The van der Waals surface area contributed by atoms with Gasteiger partial charge in [0.1, 0.15) is 15.5 Å². The molecule has 1 heterocycles. The number of alkyl halides is 2. The molecule has 108 valence electrons. The minimum Gasteiger partial charge on any atom is -0.461 e. The minimum atomic E-state index is -3.31. The van der Waals surface area contributed by atoms with Crippen LogP contribution in [0.4, 0.5) is 8.78 Å². The number of halogens is 2. The highest BCUT2D eigenvalue weighted by Gasteiger charge is 2.21. The molecular weight excluding hydrogens is 282 g/mol. The molecule has 0 N–H and O–H groups in total. The first kappa shape index (κ1) is 15.5. The van der Waals surface area contributed by atoms with Gasteiger partial charge in [0.25, 0.3) is 6.43 Å². The molecule has 0 saturated heterocycles. The van der Waals surface area contributed by atoms with Crippen molar-refractivity contribution in [3.8, 4) is 0 Å². The molecule has 0 radical (unpaired) electrons. The molecule has 6 nitrogen and oxygen atoms in total. The zero-order valence-electron chi connectivity index (χ0n) is 10.5. The van der Waals surface area contributed by atoms with Crippen molar-refractivity contribution in [3.63, 3.8) is 0 Å². The minimum absolute atomic E-state index is 0.0963. The summed E-state index contributed by atoms with van der Waals surface area (Å²) < 4.78 is 53.0. The number of esters is 1. The number of hydrogen-bond acceptors (Lipinski definition) is 5. The number of aromatic nitrogens is 2. The van der Waals surface area contributed by atoms with E-state index < -0.39 is 27.9 Å². The molecule has 1 aromatic rings. The maximum atomic E-state index is 12.7. The third kappa shape index (κ3) is 4.58. The smallest absolute Gasteiger partial charge is 0.358 e. The van der Waals surface area contributed by atoms with Crippen molar-refractivity contribution < 1.29 is 26.7 Å². The van der Waals surface area contributed by atoms with Crippen molar-refractivity contribution >= 4 is 15.8 Å². The quantitative estimate of drug-likeness (QED) is 0.733. The lowest BCUT2D eigenvalue weighted by Gasteiger charge is -2.05. The lowest BCUT2D eigenvalue weighted by Crippen LogP contribution is -2.15. The standard InChI is InChI=1S/C10H14F2N2O4S/c1-3-18-10(15)7-6-8(9(11)12)14(13-7)4-5-19(2,16)17/h6,9H,3-5H2,1-2H3. The summed E-state index contributed by atoms with van der Waals surface area (Å²) in [5, 5.41) is 3.65. The number of aryl methyl sites for hydroxylation is 1. The van der Waals surface area contributed by atoms with Crippen LogP contribution in [0.1, 0.15) is 29.5 Å². The van der Waals surface area contributed by atoms with E-state index in [9.17, 15) is 22.0 Å². The maximum absolute atomic E-state index is 12.7. The Bertz CT molecular complexity index is 554. The van der Waals surface area contributed by atoms with E-state index in [1.54, 1.807) is 6.92 Å². The monoisotopic (exact) mass is 296 g/mol. The molecule has 0 fully saturated rings. The van der Waals surface area contributed by atoms with Crippen molar-refractivity contribution in [1.29, 1.82) is 0 Å². The molecule has 0 saturated carbocycles. The molecule has 0 bridgehead atoms. The number of nitrogens with zero attached hydrogens (tertiary/aromatic N) is 2. The van der Waals surface area contributed by atoms with Crippen LogP contribution in [0.3, 0.4) is 0 Å². The Morgan fingerprint density at radius 1 is 1.53 bits per heavy atom. The number of sulfone groups is 1. The van der Waals surface area contributed by atoms with E-state index in [1.165, 1.54) is 0 Å². The zero-order chi connectivity index (χ0) is 14.6. The second kappa shape index (κ2) is 6.09. The highest BCUT2D eigenvalue weighted by Crippen LogP contribution is 2.20. The Hall–Kier alpha value is -1.51. The van der Waals surface area contributed by atoms with Gasteiger partial charge in [-0.05, 0) is 6.92 Å². The summed E-state index contributed by atoms with van der Waals surface area (Å²) in [4.78, 5) is 11.4. The van der Waals surface area contributed by atoms with Crippen molar-refractivity contribution in [2.45, 2.75) is 19.9 Å². The first-order chi connectivity index (χ1) is 8.74. The third-order valence-electron chi connectivity index (χ3n) is 2.19. The summed E-state index contributed by atoms with van der Waals surface area (Å²) in [7, 11) is -3.31. The van der Waals surface area contributed by atoms with Gasteiger partial charge in [0.2, 0.25) is 0 Å². The number of carbonyl (C=O) groups excluding carboxylic acids is 1. The van der Waals surface area contributed by atoms with Gasteiger partial charge in [-0.2, -0.15) is 5.10 Å². The molecule has 0 aromatic carbocycles. The Balaban J connectivity index is 2.98. The van der Waals surface area contributed by atoms with E-state index >= 15 is 0 Å². The van der Waals surface area contributed by atoms with Crippen LogP contribution in [0.2, 0.25) is 0 Å². The van der Waals surface area contributed by atoms with Gasteiger partial charge in [0.15, 0.2) is 5.69 Å². The largest absolute Gasteiger partial charge is 0.461 e. The molecule has 0 aliphatic rings. The molecular formula is C10H14F2N2O4S. The van der Waals surface area contributed by atoms with Gasteiger partial charge < -0.3 is 4.74 Å². The fraction of sp³-hybridized carbons (Fsp3) is 0.600. The lowest BCUT2D eigenvalue weighted by atomic mass is 10.3. The fourth-order valence-corrected chi connectivity index (χ4v) is 1.85. The SMILES string of the molecule is CCOC(=O)c1cc(C(F)F)n(CCS(C)(=O)=O)n1. The lowest BCUT2D eigenvalue weighted by molar-refractivity contribution is 0.0518. The first-order valence-electron chi connectivity index (χ1n) is 5.45. The van der Waals surface area contributed by atoms with Gasteiger partial charge in [-0.25, -0.2) is 22.0 Å². The second-order valence-electron chi connectivity index (χ2n) is 3.83. The molecule has 9 heteroatoms. The van der Waals surface area contributed by atoms with Crippen molar-refractivity contribution in [2.24, 2.45) is 0 Å². The van der Waals surface area contributed by atoms with Gasteiger partial charge in [0.05, 0.1) is 18.9 Å². The van der Waals surface area contributed by atoms with Gasteiger partial charge in [0, 0.05) is 12.3 Å². The van der Waals surface area contributed by atoms with E-state index in [4.69, 9.17) is 0 Å². The molecule has 0 aliphatic heterocycles. The van der Waals surface area contributed by atoms with Gasteiger partial charge in [-0.15, -0.1) is 0 Å². The molecule has 1 aromatic heterocycles. The molecule has 0 unspecified atom stereocenters. The van der Waals surface area contributed by atoms with Crippen LogP contribution < -0.4 is 0 Å². The highest BCUT2D eigenvalue weighted by molar-refractivity contribution is 7.90. The summed E-state index contributed by atoms with van der Waals surface area (Å²) in [6, 6.07) is 0.908. The van der Waals surface area contributed by atoms with Crippen molar-refractivity contribution in [3.05, 3.63) is 17.5 Å². The Labute approximate surface area is 109 Å². The van der Waals surface area contributed by atoms with E-state index in [0.29, 0.717) is 0 Å². The summed E-state index contributed by atoms with van der Waals surface area (Å²) >= 11 is 0.